The predicted octanol–water partition coefficient (Wildman–Crippen LogP) is 12.2. The van der Waals surface area contributed by atoms with Crippen LogP contribution in [-0.2, 0) is 5.41 Å². The fourth-order valence-corrected chi connectivity index (χ4v) is 8.54. The Morgan fingerprint density at radius 3 is 1.92 bits per heavy atom. The summed E-state index contributed by atoms with van der Waals surface area (Å²) < 4.78 is 1.94. The molecule has 0 N–H and O–H groups in total. The van der Waals surface area contributed by atoms with E-state index in [1.165, 1.54) is 27.8 Å². The Morgan fingerprint density at radius 1 is 0.529 bits per heavy atom. The molecule has 9 aromatic rings. The van der Waals surface area contributed by atoms with Crippen molar-refractivity contribution in [2.45, 2.75) is 19.3 Å². The number of benzene rings is 7. The highest BCUT2D eigenvalue weighted by Gasteiger charge is 2.38. The predicted molar refractivity (Wildman–Crippen MR) is 213 cm³/mol. The molecule has 51 heavy (non-hydrogen) atoms. The lowest BCUT2D eigenvalue weighted by Gasteiger charge is -2.30. The van der Waals surface area contributed by atoms with Gasteiger partial charge >= 0.3 is 0 Å². The Kier molecular flexibility index (Phi) is 6.37. The van der Waals surface area contributed by atoms with Crippen LogP contribution < -0.4 is 10.5 Å². The molecule has 0 saturated carbocycles. The highest BCUT2D eigenvalue weighted by atomic mass is 16.1. The van der Waals surface area contributed by atoms with Gasteiger partial charge in [-0.05, 0) is 75.2 Å². The van der Waals surface area contributed by atoms with Crippen LogP contribution in [-0.4, -0.2) is 4.40 Å². The van der Waals surface area contributed by atoms with Gasteiger partial charge in [0.2, 0.25) is 0 Å². The number of hydrogen-bond acceptors (Lipinski definition) is 2. The molecule has 1 aliphatic carbocycles. The molecule has 0 aliphatic heterocycles. The first kappa shape index (κ1) is 29.5. The Hall–Kier alpha value is -6.45. The number of nitrogens with zero attached hydrogens (tertiary/aromatic N) is 2. The fourth-order valence-electron chi connectivity index (χ4n) is 8.54. The van der Waals surface area contributed by atoms with Crippen molar-refractivity contribution in [1.82, 2.24) is 4.40 Å². The second-order valence-corrected chi connectivity index (χ2v) is 14.1. The molecule has 0 amide bonds. The average molecular weight is 655 g/mol. The third kappa shape index (κ3) is 4.28. The van der Waals surface area contributed by atoms with Crippen molar-refractivity contribution in [3.05, 3.63) is 191 Å². The van der Waals surface area contributed by atoms with E-state index in [4.69, 9.17) is 0 Å². The summed E-state index contributed by atoms with van der Waals surface area (Å²) in [6.07, 6.45) is 0. The Morgan fingerprint density at radius 2 is 1.16 bits per heavy atom. The summed E-state index contributed by atoms with van der Waals surface area (Å²) >= 11 is 0. The monoisotopic (exact) mass is 654 g/mol. The van der Waals surface area contributed by atoms with Crippen LogP contribution in [0.15, 0.2) is 175 Å². The van der Waals surface area contributed by atoms with E-state index in [1.807, 2.05) is 40.8 Å². The quantitative estimate of drug-likeness (QED) is 0.173. The molecule has 2 heterocycles. The summed E-state index contributed by atoms with van der Waals surface area (Å²) in [5.41, 5.74) is 13.4. The number of aromatic nitrogens is 1. The van der Waals surface area contributed by atoms with Crippen LogP contribution in [0.5, 0.6) is 0 Å². The van der Waals surface area contributed by atoms with Crippen molar-refractivity contribution in [2.75, 3.05) is 4.90 Å². The van der Waals surface area contributed by atoms with E-state index < -0.39 is 0 Å². The van der Waals surface area contributed by atoms with Crippen LogP contribution >= 0.6 is 0 Å². The number of pyridine rings is 1. The van der Waals surface area contributed by atoms with Gasteiger partial charge in [0.15, 0.2) is 0 Å². The van der Waals surface area contributed by atoms with Crippen molar-refractivity contribution >= 4 is 44.1 Å². The molecular weight excluding hydrogens is 621 g/mol. The molecule has 0 atom stereocenters. The fraction of sp³-hybridized carbons (Fsp3) is 0.0625. The van der Waals surface area contributed by atoms with Crippen molar-refractivity contribution in [3.8, 4) is 33.5 Å². The van der Waals surface area contributed by atoms with Crippen molar-refractivity contribution in [2.24, 2.45) is 0 Å². The molecule has 242 valence electrons. The van der Waals surface area contributed by atoms with Gasteiger partial charge < -0.3 is 4.90 Å². The van der Waals surface area contributed by atoms with E-state index in [9.17, 15) is 4.79 Å². The van der Waals surface area contributed by atoms with Crippen LogP contribution in [0.1, 0.15) is 25.0 Å². The van der Waals surface area contributed by atoms with Crippen LogP contribution in [0.25, 0.3) is 60.6 Å². The number of rotatable bonds is 5. The summed E-state index contributed by atoms with van der Waals surface area (Å²) in [4.78, 5) is 16.9. The molecular formula is C48H34N2O. The zero-order valence-corrected chi connectivity index (χ0v) is 28.5. The second-order valence-electron chi connectivity index (χ2n) is 14.1. The molecule has 0 radical (unpaired) electrons. The molecule has 3 nitrogen and oxygen atoms in total. The first-order valence-corrected chi connectivity index (χ1v) is 17.6. The zero-order valence-electron chi connectivity index (χ0n) is 28.5. The van der Waals surface area contributed by atoms with E-state index in [1.54, 1.807) is 0 Å². The molecule has 0 saturated heterocycles. The maximum atomic E-state index is 14.5. The highest BCUT2D eigenvalue weighted by Crippen LogP contribution is 2.55. The Balaban J connectivity index is 1.32. The molecule has 3 heteroatoms. The minimum atomic E-state index is -0.151. The Bertz CT molecular complexity index is 2830. The zero-order chi connectivity index (χ0) is 34.3. The first-order valence-electron chi connectivity index (χ1n) is 17.6. The molecule has 0 unspecified atom stereocenters. The van der Waals surface area contributed by atoms with Gasteiger partial charge in [0.25, 0.3) is 5.56 Å². The van der Waals surface area contributed by atoms with Crippen molar-refractivity contribution in [3.63, 3.8) is 0 Å². The summed E-state index contributed by atoms with van der Waals surface area (Å²) in [5.74, 6) is 0. The van der Waals surface area contributed by atoms with Gasteiger partial charge in [0.05, 0.1) is 22.6 Å². The molecule has 10 rings (SSSR count). The van der Waals surface area contributed by atoms with Gasteiger partial charge in [-0.15, -0.1) is 0 Å². The van der Waals surface area contributed by atoms with Crippen LogP contribution in [0.4, 0.5) is 17.1 Å². The minimum absolute atomic E-state index is 0.000790. The number of anilines is 3. The molecule has 7 aromatic carbocycles. The number of fused-ring (bicyclic) bond motifs is 5. The van der Waals surface area contributed by atoms with Gasteiger partial charge in [-0.3, -0.25) is 9.20 Å². The minimum Gasteiger partial charge on any atom is -0.309 e. The van der Waals surface area contributed by atoms with Crippen molar-refractivity contribution < 1.29 is 0 Å². The van der Waals surface area contributed by atoms with E-state index in [-0.39, 0.29) is 11.0 Å². The third-order valence-electron chi connectivity index (χ3n) is 10.9. The third-order valence-corrected chi connectivity index (χ3v) is 10.9. The normalized spacial score (nSPS) is 13.1. The smallest absolute Gasteiger partial charge is 0.263 e. The standard InChI is InChI=1S/C48H34N2O/c1-48(2)39-21-12-11-20-38(39)44-40(48)22-13-23-41(44)49(35-27-24-32(25-28-35)31-14-5-3-6-15-31)42-29-26-34-30-43(33-16-7-4-8-17-33)50-46(34)45(42)36-18-9-10-19-37(36)47(50)51/h3-30H,1-2H3. The van der Waals surface area contributed by atoms with Crippen molar-refractivity contribution in [1.29, 1.82) is 0 Å². The largest absolute Gasteiger partial charge is 0.309 e. The van der Waals surface area contributed by atoms with E-state index >= 15 is 0 Å². The summed E-state index contributed by atoms with van der Waals surface area (Å²) in [6, 6.07) is 59.9. The lowest BCUT2D eigenvalue weighted by atomic mass is 9.82. The molecule has 1 aliphatic rings. The molecule has 0 spiro atoms. The van der Waals surface area contributed by atoms with E-state index in [2.05, 4.69) is 152 Å². The van der Waals surface area contributed by atoms with Gasteiger partial charge in [-0.25, -0.2) is 0 Å². The molecule has 0 bridgehead atoms. The van der Waals surface area contributed by atoms with E-state index in [0.29, 0.717) is 5.39 Å². The van der Waals surface area contributed by atoms with E-state index in [0.717, 1.165) is 55.6 Å². The topological polar surface area (TPSA) is 24.7 Å². The molecule has 2 aromatic heterocycles. The average Bonchev–Trinajstić information content (AvgIpc) is 3.69. The van der Waals surface area contributed by atoms with Gasteiger partial charge in [0.1, 0.15) is 0 Å². The first-order chi connectivity index (χ1) is 25.0. The SMILES string of the molecule is CC1(C)c2ccccc2-c2c(N(c3ccc(-c4ccccc4)cc3)c3ccc4cc(-c5ccccc5)n5c(=O)c6ccccc6c3c45)cccc21. The summed E-state index contributed by atoms with van der Waals surface area (Å²) in [7, 11) is 0. The van der Waals surface area contributed by atoms with Gasteiger partial charge in [-0.2, -0.15) is 0 Å². The number of hydrogen-bond donors (Lipinski definition) is 0. The molecule has 0 fully saturated rings. The van der Waals surface area contributed by atoms with Gasteiger partial charge in [0, 0.05) is 32.8 Å². The Labute approximate surface area is 296 Å². The maximum absolute atomic E-state index is 14.5. The lowest BCUT2D eigenvalue weighted by molar-refractivity contribution is 0.660. The van der Waals surface area contributed by atoms with Crippen LogP contribution in [0.2, 0.25) is 0 Å². The second kappa shape index (κ2) is 11.0. The highest BCUT2D eigenvalue weighted by molar-refractivity contribution is 6.20. The van der Waals surface area contributed by atoms with Gasteiger partial charge in [-0.1, -0.05) is 147 Å². The summed E-state index contributed by atoms with van der Waals surface area (Å²) in [6.45, 7) is 4.66. The van der Waals surface area contributed by atoms with Crippen LogP contribution in [0, 0.1) is 0 Å². The maximum Gasteiger partial charge on any atom is 0.263 e. The summed E-state index contributed by atoms with van der Waals surface area (Å²) in [5, 5.41) is 3.75. The lowest BCUT2D eigenvalue weighted by Crippen LogP contribution is -2.17. The van der Waals surface area contributed by atoms with Crippen LogP contribution in [0.3, 0.4) is 0 Å².